The van der Waals surface area contributed by atoms with Gasteiger partial charge in [-0.05, 0) is 23.8 Å². The highest BCUT2D eigenvalue weighted by Crippen LogP contribution is 2.17. The second kappa shape index (κ2) is 6.03. The molecule has 5 heteroatoms. The van der Waals surface area contributed by atoms with Gasteiger partial charge in [-0.25, -0.2) is 0 Å². The van der Waals surface area contributed by atoms with Crippen LogP contribution in [0.2, 0.25) is 5.02 Å². The summed E-state index contributed by atoms with van der Waals surface area (Å²) in [5.41, 5.74) is 1.00. The summed E-state index contributed by atoms with van der Waals surface area (Å²) < 4.78 is 5.48. The molecule has 0 aliphatic heterocycles. The van der Waals surface area contributed by atoms with Gasteiger partial charge in [-0.15, -0.1) is 0 Å². The van der Waals surface area contributed by atoms with E-state index in [1.54, 1.807) is 12.1 Å². The number of benzene rings is 2. The van der Waals surface area contributed by atoms with E-state index in [9.17, 15) is 9.59 Å². The van der Waals surface area contributed by atoms with Crippen LogP contribution in [-0.4, -0.2) is 5.91 Å². The van der Waals surface area contributed by atoms with Gasteiger partial charge in [0.1, 0.15) is 5.58 Å². The Bertz CT molecular complexity index is 887. The van der Waals surface area contributed by atoms with Gasteiger partial charge in [0.05, 0.1) is 5.39 Å². The predicted octanol–water partition coefficient (Wildman–Crippen LogP) is 3.38. The van der Waals surface area contributed by atoms with E-state index in [2.05, 4.69) is 5.32 Å². The molecule has 22 heavy (non-hydrogen) atoms. The molecular weight excluding hydrogens is 302 g/mol. The van der Waals surface area contributed by atoms with E-state index in [1.165, 1.54) is 12.1 Å². The molecule has 0 saturated carbocycles. The van der Waals surface area contributed by atoms with Gasteiger partial charge in [-0.3, -0.25) is 9.59 Å². The van der Waals surface area contributed by atoms with Crippen molar-refractivity contribution in [1.82, 2.24) is 5.32 Å². The maximum Gasteiger partial charge on any atom is 0.287 e. The van der Waals surface area contributed by atoms with E-state index in [1.807, 2.05) is 30.3 Å². The summed E-state index contributed by atoms with van der Waals surface area (Å²) in [5.74, 6) is -0.450. The first-order chi connectivity index (χ1) is 10.6. The molecular formula is C17H12ClNO3. The lowest BCUT2D eigenvalue weighted by molar-refractivity contribution is 0.0923. The number of carbonyl (C=O) groups is 1. The summed E-state index contributed by atoms with van der Waals surface area (Å²) in [6.07, 6.45) is 0. The van der Waals surface area contributed by atoms with Crippen molar-refractivity contribution in [1.29, 1.82) is 0 Å². The van der Waals surface area contributed by atoms with Crippen LogP contribution < -0.4 is 10.7 Å². The fourth-order valence-electron chi connectivity index (χ4n) is 2.11. The highest BCUT2D eigenvalue weighted by atomic mass is 35.5. The number of fused-ring (bicyclic) bond motifs is 1. The molecule has 110 valence electrons. The van der Waals surface area contributed by atoms with Crippen LogP contribution in [0.3, 0.4) is 0 Å². The van der Waals surface area contributed by atoms with Crippen LogP contribution in [0.15, 0.2) is 63.8 Å². The van der Waals surface area contributed by atoms with Gasteiger partial charge in [0.15, 0.2) is 11.2 Å². The quantitative estimate of drug-likeness (QED) is 0.806. The first-order valence-corrected chi connectivity index (χ1v) is 7.07. The Morgan fingerprint density at radius 2 is 1.86 bits per heavy atom. The monoisotopic (exact) mass is 313 g/mol. The Morgan fingerprint density at radius 1 is 1.09 bits per heavy atom. The molecule has 0 fully saturated rings. The first kappa shape index (κ1) is 14.4. The minimum atomic E-state index is -0.433. The Balaban J connectivity index is 1.85. The van der Waals surface area contributed by atoms with Gasteiger partial charge in [0, 0.05) is 17.6 Å². The molecule has 1 aromatic heterocycles. The van der Waals surface area contributed by atoms with Gasteiger partial charge in [-0.1, -0.05) is 41.9 Å². The molecule has 0 saturated heterocycles. The van der Waals surface area contributed by atoms with E-state index < -0.39 is 5.91 Å². The van der Waals surface area contributed by atoms with Crippen LogP contribution >= 0.6 is 11.6 Å². The maximum absolute atomic E-state index is 12.1. The third-order valence-corrected chi connectivity index (χ3v) is 3.44. The topological polar surface area (TPSA) is 59.3 Å². The molecule has 0 unspecified atom stereocenters. The van der Waals surface area contributed by atoms with Gasteiger partial charge < -0.3 is 9.73 Å². The molecule has 2 aromatic carbocycles. The summed E-state index contributed by atoms with van der Waals surface area (Å²) >= 11 is 5.85. The lowest BCUT2D eigenvalue weighted by Gasteiger charge is -2.05. The average molecular weight is 314 g/mol. The minimum absolute atomic E-state index is 0.0178. The van der Waals surface area contributed by atoms with E-state index >= 15 is 0 Å². The van der Waals surface area contributed by atoms with Gasteiger partial charge in [-0.2, -0.15) is 0 Å². The Kier molecular flexibility index (Phi) is 3.94. The zero-order valence-corrected chi connectivity index (χ0v) is 12.3. The number of amides is 1. The SMILES string of the molecule is O=C(NCc1ccccc1)c1cc(=O)c2cc(Cl)ccc2o1. The molecule has 0 radical (unpaired) electrons. The fraction of sp³-hybridized carbons (Fsp3) is 0.0588. The predicted molar refractivity (Wildman–Crippen MR) is 85.1 cm³/mol. The molecule has 3 rings (SSSR count). The zero-order valence-electron chi connectivity index (χ0n) is 11.5. The van der Waals surface area contributed by atoms with Gasteiger partial charge in [0.2, 0.25) is 0 Å². The van der Waals surface area contributed by atoms with Crippen LogP contribution in [0, 0.1) is 0 Å². The van der Waals surface area contributed by atoms with Crippen LogP contribution in [-0.2, 0) is 6.54 Å². The second-order valence-corrected chi connectivity index (χ2v) is 5.22. The van der Waals surface area contributed by atoms with E-state index in [0.29, 0.717) is 22.5 Å². The van der Waals surface area contributed by atoms with E-state index in [0.717, 1.165) is 5.56 Å². The van der Waals surface area contributed by atoms with E-state index in [4.69, 9.17) is 16.0 Å². The molecule has 4 nitrogen and oxygen atoms in total. The molecule has 1 heterocycles. The number of nitrogens with one attached hydrogen (secondary N) is 1. The summed E-state index contributed by atoms with van der Waals surface area (Å²) in [4.78, 5) is 24.1. The van der Waals surface area contributed by atoms with Crippen molar-refractivity contribution in [3.05, 3.63) is 81.2 Å². The highest BCUT2D eigenvalue weighted by Gasteiger charge is 2.12. The zero-order chi connectivity index (χ0) is 15.5. The van der Waals surface area contributed by atoms with Crippen LogP contribution in [0.1, 0.15) is 16.1 Å². The minimum Gasteiger partial charge on any atom is -0.451 e. The molecule has 0 bridgehead atoms. The first-order valence-electron chi connectivity index (χ1n) is 6.69. The van der Waals surface area contributed by atoms with Crippen molar-refractivity contribution >= 4 is 28.5 Å². The number of hydrogen-bond donors (Lipinski definition) is 1. The van der Waals surface area contributed by atoms with Crippen molar-refractivity contribution in [3.63, 3.8) is 0 Å². The Labute approximate surface area is 131 Å². The lowest BCUT2D eigenvalue weighted by Crippen LogP contribution is -2.23. The highest BCUT2D eigenvalue weighted by molar-refractivity contribution is 6.31. The normalized spacial score (nSPS) is 10.6. The van der Waals surface area contributed by atoms with Crippen molar-refractivity contribution < 1.29 is 9.21 Å². The molecule has 0 aliphatic carbocycles. The van der Waals surface area contributed by atoms with Crippen molar-refractivity contribution in [2.24, 2.45) is 0 Å². The standard InChI is InChI=1S/C17H12ClNO3/c18-12-6-7-15-13(8-12)14(20)9-16(22-15)17(21)19-10-11-4-2-1-3-5-11/h1-9H,10H2,(H,19,21). The fourth-order valence-corrected chi connectivity index (χ4v) is 2.28. The molecule has 0 aliphatic rings. The van der Waals surface area contributed by atoms with Gasteiger partial charge in [0.25, 0.3) is 5.91 Å². The average Bonchev–Trinajstić information content (AvgIpc) is 2.54. The van der Waals surface area contributed by atoms with Crippen molar-refractivity contribution in [2.45, 2.75) is 6.54 Å². The molecule has 1 amide bonds. The molecule has 3 aromatic rings. The second-order valence-electron chi connectivity index (χ2n) is 4.78. The van der Waals surface area contributed by atoms with Crippen LogP contribution in [0.4, 0.5) is 0 Å². The number of hydrogen-bond acceptors (Lipinski definition) is 3. The van der Waals surface area contributed by atoms with E-state index in [-0.39, 0.29) is 11.2 Å². The Morgan fingerprint density at radius 3 is 2.64 bits per heavy atom. The molecule has 0 atom stereocenters. The third-order valence-electron chi connectivity index (χ3n) is 3.21. The van der Waals surface area contributed by atoms with Gasteiger partial charge >= 0.3 is 0 Å². The van der Waals surface area contributed by atoms with Crippen LogP contribution in [0.5, 0.6) is 0 Å². The summed E-state index contributed by atoms with van der Waals surface area (Å²) in [5, 5.41) is 3.52. The van der Waals surface area contributed by atoms with Crippen molar-refractivity contribution in [3.8, 4) is 0 Å². The maximum atomic E-state index is 12.1. The molecule has 0 spiro atoms. The summed E-state index contributed by atoms with van der Waals surface area (Å²) in [6.45, 7) is 0.363. The third kappa shape index (κ3) is 3.02. The van der Waals surface area contributed by atoms with Crippen LogP contribution in [0.25, 0.3) is 11.0 Å². The molecule has 1 N–H and O–H groups in total. The van der Waals surface area contributed by atoms with Crippen molar-refractivity contribution in [2.75, 3.05) is 0 Å². The Hall–Kier alpha value is -2.59. The number of halogens is 1. The number of carbonyl (C=O) groups excluding carboxylic acids is 1. The smallest absolute Gasteiger partial charge is 0.287 e. The lowest BCUT2D eigenvalue weighted by atomic mass is 10.2. The number of rotatable bonds is 3. The summed E-state index contributed by atoms with van der Waals surface area (Å²) in [6, 6.07) is 15.4. The largest absolute Gasteiger partial charge is 0.451 e. The summed E-state index contributed by atoms with van der Waals surface area (Å²) in [7, 11) is 0.